The van der Waals surface area contributed by atoms with Crippen LogP contribution in [0.3, 0.4) is 0 Å². The van der Waals surface area contributed by atoms with Crippen LogP contribution in [-0.4, -0.2) is 11.1 Å². The second-order valence-corrected chi connectivity index (χ2v) is 4.59. The smallest absolute Gasteiger partial charge is 0.146 e. The molecule has 17 heavy (non-hydrogen) atoms. The number of pyridine rings is 1. The van der Waals surface area contributed by atoms with Crippen molar-refractivity contribution in [3.05, 3.63) is 30.3 Å². The van der Waals surface area contributed by atoms with Gasteiger partial charge in [-0.1, -0.05) is 12.1 Å². The molecule has 2 N–H and O–H groups in total. The highest BCUT2D eigenvalue weighted by atomic mass is 16.5. The van der Waals surface area contributed by atoms with Crippen LogP contribution in [0.5, 0.6) is 5.75 Å². The Bertz CT molecular complexity index is 533. The topological polar surface area (TPSA) is 48.1 Å². The van der Waals surface area contributed by atoms with Gasteiger partial charge in [-0.3, -0.25) is 0 Å². The molecule has 0 atom stereocenters. The first-order chi connectivity index (χ1) is 8.33. The van der Waals surface area contributed by atoms with Gasteiger partial charge in [-0.2, -0.15) is 0 Å². The number of para-hydroxylation sites is 1. The Labute approximate surface area is 101 Å². The minimum Gasteiger partial charge on any atom is -0.488 e. The van der Waals surface area contributed by atoms with E-state index in [1.54, 1.807) is 0 Å². The lowest BCUT2D eigenvalue weighted by Crippen LogP contribution is -2.11. The molecular weight excluding hydrogens is 212 g/mol. The van der Waals surface area contributed by atoms with E-state index in [0.29, 0.717) is 11.9 Å². The third-order valence-electron chi connectivity index (χ3n) is 3.30. The van der Waals surface area contributed by atoms with E-state index in [4.69, 9.17) is 10.5 Å². The SMILES string of the molecule is Nc1ccc2cccc(OC3CCCC3)c2n1. The molecule has 3 heteroatoms. The minimum absolute atomic E-state index is 0.351. The summed E-state index contributed by atoms with van der Waals surface area (Å²) in [6.45, 7) is 0. The van der Waals surface area contributed by atoms with Gasteiger partial charge in [-0.25, -0.2) is 4.98 Å². The van der Waals surface area contributed by atoms with Crippen LogP contribution in [-0.2, 0) is 0 Å². The Hall–Kier alpha value is -1.77. The fourth-order valence-electron chi connectivity index (χ4n) is 2.42. The zero-order chi connectivity index (χ0) is 11.7. The van der Waals surface area contributed by atoms with Crippen molar-refractivity contribution in [2.75, 3.05) is 5.73 Å². The summed E-state index contributed by atoms with van der Waals surface area (Å²) in [7, 11) is 0. The van der Waals surface area contributed by atoms with Crippen LogP contribution in [0.2, 0.25) is 0 Å². The number of nitrogen functional groups attached to an aromatic ring is 1. The van der Waals surface area contributed by atoms with Crippen molar-refractivity contribution in [1.82, 2.24) is 4.98 Å². The largest absolute Gasteiger partial charge is 0.488 e. The van der Waals surface area contributed by atoms with E-state index in [1.807, 2.05) is 30.3 Å². The van der Waals surface area contributed by atoms with Gasteiger partial charge in [0.05, 0.1) is 6.10 Å². The number of fused-ring (bicyclic) bond motifs is 1. The second-order valence-electron chi connectivity index (χ2n) is 4.59. The van der Waals surface area contributed by atoms with Crippen LogP contribution in [0.15, 0.2) is 30.3 Å². The number of nitrogens with two attached hydrogens (primary N) is 1. The van der Waals surface area contributed by atoms with Gasteiger partial charge in [-0.15, -0.1) is 0 Å². The van der Waals surface area contributed by atoms with E-state index in [0.717, 1.165) is 29.5 Å². The van der Waals surface area contributed by atoms with Gasteiger partial charge in [0.15, 0.2) is 0 Å². The molecule has 88 valence electrons. The molecule has 2 aromatic rings. The molecule has 1 heterocycles. The van der Waals surface area contributed by atoms with Crippen LogP contribution in [0.1, 0.15) is 25.7 Å². The van der Waals surface area contributed by atoms with Gasteiger partial charge in [0.1, 0.15) is 17.1 Å². The standard InChI is InChI=1S/C14H16N2O/c15-13-9-8-10-4-3-7-12(14(10)16-13)17-11-5-1-2-6-11/h3-4,7-9,11H,1-2,5-6H2,(H2,15,16). The minimum atomic E-state index is 0.351. The number of nitrogens with zero attached hydrogens (tertiary/aromatic N) is 1. The van der Waals surface area contributed by atoms with E-state index in [1.165, 1.54) is 12.8 Å². The Morgan fingerprint density at radius 1 is 1.12 bits per heavy atom. The van der Waals surface area contributed by atoms with Gasteiger partial charge in [0, 0.05) is 5.39 Å². The van der Waals surface area contributed by atoms with E-state index >= 15 is 0 Å². The lowest BCUT2D eigenvalue weighted by molar-refractivity contribution is 0.212. The number of anilines is 1. The quantitative estimate of drug-likeness (QED) is 0.859. The van der Waals surface area contributed by atoms with E-state index < -0.39 is 0 Å². The molecule has 0 unspecified atom stereocenters. The highest BCUT2D eigenvalue weighted by Crippen LogP contribution is 2.29. The predicted molar refractivity (Wildman–Crippen MR) is 69.0 cm³/mol. The van der Waals surface area contributed by atoms with Gasteiger partial charge in [-0.05, 0) is 43.9 Å². The monoisotopic (exact) mass is 228 g/mol. The third-order valence-corrected chi connectivity index (χ3v) is 3.30. The third kappa shape index (κ3) is 2.05. The summed E-state index contributed by atoms with van der Waals surface area (Å²) in [4.78, 5) is 4.37. The van der Waals surface area contributed by atoms with Crippen LogP contribution >= 0.6 is 0 Å². The first kappa shape index (κ1) is 10.4. The van der Waals surface area contributed by atoms with Gasteiger partial charge >= 0.3 is 0 Å². The molecule has 1 aliphatic carbocycles. The fourth-order valence-corrected chi connectivity index (χ4v) is 2.42. The lowest BCUT2D eigenvalue weighted by atomic mass is 10.2. The summed E-state index contributed by atoms with van der Waals surface area (Å²) in [5, 5.41) is 1.08. The average molecular weight is 228 g/mol. The summed E-state index contributed by atoms with van der Waals surface area (Å²) < 4.78 is 6.03. The summed E-state index contributed by atoms with van der Waals surface area (Å²) in [6.07, 6.45) is 5.19. The Morgan fingerprint density at radius 2 is 1.94 bits per heavy atom. The number of ether oxygens (including phenoxy) is 1. The maximum atomic E-state index is 6.03. The molecule has 3 rings (SSSR count). The molecule has 1 aromatic carbocycles. The van der Waals surface area contributed by atoms with Crippen molar-refractivity contribution < 1.29 is 4.74 Å². The zero-order valence-electron chi connectivity index (χ0n) is 9.73. The summed E-state index contributed by atoms with van der Waals surface area (Å²) >= 11 is 0. The Morgan fingerprint density at radius 3 is 2.76 bits per heavy atom. The molecular formula is C14H16N2O. The van der Waals surface area contributed by atoms with Crippen LogP contribution in [0.4, 0.5) is 5.82 Å². The van der Waals surface area contributed by atoms with Gasteiger partial charge < -0.3 is 10.5 Å². The molecule has 0 amide bonds. The van der Waals surface area contributed by atoms with Crippen LogP contribution in [0.25, 0.3) is 10.9 Å². The first-order valence-electron chi connectivity index (χ1n) is 6.15. The maximum Gasteiger partial charge on any atom is 0.146 e. The molecule has 0 spiro atoms. The van der Waals surface area contributed by atoms with E-state index in [2.05, 4.69) is 4.98 Å². The van der Waals surface area contributed by atoms with Crippen molar-refractivity contribution in [3.63, 3.8) is 0 Å². The van der Waals surface area contributed by atoms with Crippen LogP contribution < -0.4 is 10.5 Å². The molecule has 1 saturated carbocycles. The van der Waals surface area contributed by atoms with Crippen molar-refractivity contribution in [2.45, 2.75) is 31.8 Å². The molecule has 0 saturated heterocycles. The maximum absolute atomic E-state index is 6.03. The molecule has 0 radical (unpaired) electrons. The molecule has 0 bridgehead atoms. The second kappa shape index (κ2) is 4.24. The zero-order valence-corrected chi connectivity index (χ0v) is 9.73. The fraction of sp³-hybridized carbons (Fsp3) is 0.357. The van der Waals surface area contributed by atoms with Gasteiger partial charge in [0.25, 0.3) is 0 Å². The Balaban J connectivity index is 1.99. The first-order valence-corrected chi connectivity index (χ1v) is 6.15. The molecule has 1 aromatic heterocycles. The lowest BCUT2D eigenvalue weighted by Gasteiger charge is -2.14. The predicted octanol–water partition coefficient (Wildman–Crippen LogP) is 3.14. The number of benzene rings is 1. The molecule has 0 aliphatic heterocycles. The summed E-state index contributed by atoms with van der Waals surface area (Å²) in [6, 6.07) is 9.82. The average Bonchev–Trinajstić information content (AvgIpc) is 2.83. The van der Waals surface area contributed by atoms with Crippen LogP contribution in [0, 0.1) is 0 Å². The van der Waals surface area contributed by atoms with Crippen molar-refractivity contribution >= 4 is 16.7 Å². The summed E-state index contributed by atoms with van der Waals surface area (Å²) in [5.41, 5.74) is 6.61. The normalized spacial score (nSPS) is 16.5. The molecule has 1 fully saturated rings. The molecule has 3 nitrogen and oxygen atoms in total. The highest BCUT2D eigenvalue weighted by molar-refractivity contribution is 5.85. The highest BCUT2D eigenvalue weighted by Gasteiger charge is 2.17. The van der Waals surface area contributed by atoms with Crippen molar-refractivity contribution in [3.8, 4) is 5.75 Å². The van der Waals surface area contributed by atoms with E-state index in [-0.39, 0.29) is 0 Å². The number of rotatable bonds is 2. The van der Waals surface area contributed by atoms with Crippen molar-refractivity contribution in [2.24, 2.45) is 0 Å². The van der Waals surface area contributed by atoms with Crippen molar-refractivity contribution in [1.29, 1.82) is 0 Å². The number of hydrogen-bond acceptors (Lipinski definition) is 3. The number of aromatic nitrogens is 1. The van der Waals surface area contributed by atoms with E-state index in [9.17, 15) is 0 Å². The Kier molecular flexibility index (Phi) is 2.59. The summed E-state index contributed by atoms with van der Waals surface area (Å²) in [5.74, 6) is 1.40. The molecule has 1 aliphatic rings. The van der Waals surface area contributed by atoms with Gasteiger partial charge in [0.2, 0.25) is 0 Å². The number of hydrogen-bond donors (Lipinski definition) is 1.